The van der Waals surface area contributed by atoms with Gasteiger partial charge in [-0.15, -0.1) is 10.2 Å². The van der Waals surface area contributed by atoms with Crippen LogP contribution in [0.5, 0.6) is 0 Å². The molecule has 4 atom stereocenters. The van der Waals surface area contributed by atoms with Gasteiger partial charge in [0.05, 0.1) is 23.9 Å². The number of hydrogen-bond donors (Lipinski definition) is 2. The largest absolute Gasteiger partial charge is 0.372 e. The summed E-state index contributed by atoms with van der Waals surface area (Å²) in [6.45, 7) is 5.47. The van der Waals surface area contributed by atoms with Crippen LogP contribution in [-0.2, 0) is 9.53 Å². The van der Waals surface area contributed by atoms with Gasteiger partial charge in [0.1, 0.15) is 10.8 Å². The molecule has 2 fully saturated rings. The standard InChI is InChI=1S/C22H20FN5O4S/c1-10-8-28-17-14(6-13(7-15(17)23)4-5-16-27-26-12(3)33-16)19(29)22(18(28)11(2)32-10)9-24-21(31)25-20(22)30/h6-7,10-11,18H,8-9H2,1-3H3,(H2,24,25,30,31)/t10-,11+,18-,22?/m1/s1. The van der Waals surface area contributed by atoms with E-state index >= 15 is 4.39 Å². The highest BCUT2D eigenvalue weighted by Gasteiger charge is 2.63. The number of amides is 3. The number of nitrogens with zero attached hydrogens (tertiary/aromatic N) is 3. The number of anilines is 1. The van der Waals surface area contributed by atoms with Crippen molar-refractivity contribution in [2.45, 2.75) is 39.0 Å². The van der Waals surface area contributed by atoms with Gasteiger partial charge in [0, 0.05) is 24.2 Å². The zero-order chi connectivity index (χ0) is 23.5. The van der Waals surface area contributed by atoms with E-state index in [2.05, 4.69) is 32.7 Å². The molecule has 3 aliphatic rings. The summed E-state index contributed by atoms with van der Waals surface area (Å²) >= 11 is 1.30. The second-order valence-electron chi connectivity index (χ2n) is 8.42. The first kappa shape index (κ1) is 21.5. The third-order valence-corrected chi connectivity index (χ3v) is 6.94. The Labute approximate surface area is 192 Å². The summed E-state index contributed by atoms with van der Waals surface area (Å²) in [5.74, 6) is 3.77. The summed E-state index contributed by atoms with van der Waals surface area (Å²) in [7, 11) is 0. The van der Waals surface area contributed by atoms with Crippen molar-refractivity contribution in [2.75, 3.05) is 18.0 Å². The number of benzene rings is 1. The lowest BCUT2D eigenvalue weighted by Crippen LogP contribution is -2.75. The van der Waals surface area contributed by atoms with E-state index in [1.54, 1.807) is 18.7 Å². The van der Waals surface area contributed by atoms with E-state index in [0.29, 0.717) is 5.01 Å². The molecule has 1 aromatic carbocycles. The summed E-state index contributed by atoms with van der Waals surface area (Å²) in [5, 5.41) is 13.8. The van der Waals surface area contributed by atoms with Crippen molar-refractivity contribution >= 4 is 34.7 Å². The van der Waals surface area contributed by atoms with Crippen molar-refractivity contribution in [1.82, 2.24) is 20.8 Å². The number of fused-ring (bicyclic) bond motifs is 4. The van der Waals surface area contributed by atoms with Gasteiger partial charge < -0.3 is 15.0 Å². The molecule has 2 N–H and O–H groups in total. The van der Waals surface area contributed by atoms with Gasteiger partial charge >= 0.3 is 6.03 Å². The van der Waals surface area contributed by atoms with Crippen LogP contribution in [0.1, 0.15) is 39.8 Å². The molecule has 1 aromatic heterocycles. The fourth-order valence-corrected chi connectivity index (χ4v) is 5.53. The van der Waals surface area contributed by atoms with Crippen molar-refractivity contribution in [2.24, 2.45) is 5.41 Å². The maximum Gasteiger partial charge on any atom is 0.321 e. The first-order chi connectivity index (χ1) is 15.7. The summed E-state index contributed by atoms with van der Waals surface area (Å²) in [6, 6.07) is 1.31. The maximum atomic E-state index is 15.5. The summed E-state index contributed by atoms with van der Waals surface area (Å²) in [6.07, 6.45) is -0.818. The first-order valence-corrected chi connectivity index (χ1v) is 11.2. The summed E-state index contributed by atoms with van der Waals surface area (Å²) in [4.78, 5) is 40.5. The molecule has 4 heterocycles. The molecule has 11 heteroatoms. The molecule has 0 bridgehead atoms. The number of hydrogen-bond acceptors (Lipinski definition) is 8. The molecule has 33 heavy (non-hydrogen) atoms. The first-order valence-electron chi connectivity index (χ1n) is 10.4. The number of aromatic nitrogens is 2. The normalized spacial score (nSPS) is 28.4. The topological polar surface area (TPSA) is 114 Å². The molecule has 3 amide bonds. The number of ether oxygens (including phenoxy) is 1. The molecule has 2 aromatic rings. The number of nitrogens with one attached hydrogen (secondary N) is 2. The Kier molecular flexibility index (Phi) is 4.95. The molecule has 0 radical (unpaired) electrons. The van der Waals surface area contributed by atoms with Gasteiger partial charge in [-0.2, -0.15) is 0 Å². The fraction of sp³-hybridized carbons (Fsp3) is 0.409. The van der Waals surface area contributed by atoms with Gasteiger partial charge in [0.15, 0.2) is 16.2 Å². The highest BCUT2D eigenvalue weighted by Crippen LogP contribution is 2.47. The van der Waals surface area contributed by atoms with E-state index in [-0.39, 0.29) is 36.0 Å². The average molecular weight is 469 g/mol. The van der Waals surface area contributed by atoms with E-state index < -0.39 is 41.1 Å². The van der Waals surface area contributed by atoms with Crippen LogP contribution in [0, 0.1) is 30.0 Å². The second-order valence-corrected chi connectivity index (χ2v) is 9.60. The minimum atomic E-state index is -1.66. The number of halogens is 1. The molecule has 170 valence electrons. The van der Waals surface area contributed by atoms with Crippen LogP contribution >= 0.6 is 11.3 Å². The lowest BCUT2D eigenvalue weighted by Gasteiger charge is -2.55. The molecule has 2 saturated heterocycles. The summed E-state index contributed by atoms with van der Waals surface area (Å²) < 4.78 is 21.4. The minimum Gasteiger partial charge on any atom is -0.372 e. The van der Waals surface area contributed by atoms with Crippen LogP contribution in [0.4, 0.5) is 14.9 Å². The molecule has 3 aliphatic heterocycles. The Morgan fingerprint density at radius 3 is 2.73 bits per heavy atom. The van der Waals surface area contributed by atoms with Gasteiger partial charge in [0.2, 0.25) is 5.91 Å². The molecule has 0 saturated carbocycles. The van der Waals surface area contributed by atoms with Crippen LogP contribution < -0.4 is 15.5 Å². The molecule has 1 spiro atoms. The molecular formula is C22H20FN5O4S. The third-order valence-electron chi connectivity index (χ3n) is 6.19. The molecular weight excluding hydrogens is 449 g/mol. The van der Waals surface area contributed by atoms with E-state index in [1.165, 1.54) is 23.5 Å². The molecule has 1 unspecified atom stereocenters. The van der Waals surface area contributed by atoms with E-state index in [4.69, 9.17) is 4.74 Å². The van der Waals surface area contributed by atoms with Crippen LogP contribution in [0.3, 0.4) is 0 Å². The number of carbonyl (C=O) groups is 3. The third kappa shape index (κ3) is 3.29. The predicted octanol–water partition coefficient (Wildman–Crippen LogP) is 1.39. The number of imide groups is 1. The Hall–Kier alpha value is -3.36. The van der Waals surface area contributed by atoms with E-state index in [9.17, 15) is 14.4 Å². The number of urea groups is 1. The lowest BCUT2D eigenvalue weighted by molar-refractivity contribution is -0.134. The van der Waals surface area contributed by atoms with Crippen LogP contribution in [0.15, 0.2) is 12.1 Å². The van der Waals surface area contributed by atoms with Gasteiger partial charge in [-0.05, 0) is 38.8 Å². The number of rotatable bonds is 0. The quantitative estimate of drug-likeness (QED) is 0.443. The zero-order valence-electron chi connectivity index (χ0n) is 18.1. The van der Waals surface area contributed by atoms with Crippen LogP contribution in [0.25, 0.3) is 0 Å². The Morgan fingerprint density at radius 1 is 1.24 bits per heavy atom. The predicted molar refractivity (Wildman–Crippen MR) is 116 cm³/mol. The fourth-order valence-electron chi connectivity index (χ4n) is 4.99. The molecule has 5 rings (SSSR count). The monoisotopic (exact) mass is 469 g/mol. The SMILES string of the molecule is Cc1nnc(C#Cc2cc(F)c3c(c2)C(=O)C2(CNC(=O)NC2=O)[C@H]2[C@H](C)O[C@H](C)CN32)s1. The van der Waals surface area contributed by atoms with Crippen molar-refractivity contribution in [3.05, 3.63) is 39.1 Å². The van der Waals surface area contributed by atoms with Crippen molar-refractivity contribution in [3.8, 4) is 11.8 Å². The summed E-state index contributed by atoms with van der Waals surface area (Å²) in [5.41, 5.74) is -1.21. The molecule has 9 nitrogen and oxygen atoms in total. The van der Waals surface area contributed by atoms with Crippen molar-refractivity contribution in [3.63, 3.8) is 0 Å². The number of morpholine rings is 1. The average Bonchev–Trinajstić information content (AvgIpc) is 3.16. The smallest absolute Gasteiger partial charge is 0.321 e. The van der Waals surface area contributed by atoms with Gasteiger partial charge in [-0.3, -0.25) is 14.9 Å². The van der Waals surface area contributed by atoms with E-state index in [1.807, 2.05) is 6.92 Å². The Bertz CT molecular complexity index is 1270. The Morgan fingerprint density at radius 2 is 2.03 bits per heavy atom. The second kappa shape index (κ2) is 7.60. The highest BCUT2D eigenvalue weighted by atomic mass is 32.1. The Balaban J connectivity index is 1.67. The number of Topliss-reactive ketones (excluding diaryl/α,β-unsaturated/α-hetero) is 1. The molecule has 0 aliphatic carbocycles. The van der Waals surface area contributed by atoms with E-state index in [0.717, 1.165) is 5.01 Å². The number of ketones is 1. The van der Waals surface area contributed by atoms with Crippen molar-refractivity contribution in [1.29, 1.82) is 0 Å². The number of carbonyl (C=O) groups excluding carboxylic acids is 3. The maximum absolute atomic E-state index is 15.5. The van der Waals surface area contributed by atoms with Gasteiger partial charge in [-0.1, -0.05) is 17.3 Å². The van der Waals surface area contributed by atoms with Crippen molar-refractivity contribution < 1.29 is 23.5 Å². The van der Waals surface area contributed by atoms with Gasteiger partial charge in [0.25, 0.3) is 0 Å². The lowest BCUT2D eigenvalue weighted by atomic mass is 9.66. The number of aryl methyl sites for hydroxylation is 1. The van der Waals surface area contributed by atoms with Crippen LogP contribution in [0.2, 0.25) is 0 Å². The highest BCUT2D eigenvalue weighted by molar-refractivity contribution is 7.11. The van der Waals surface area contributed by atoms with Crippen LogP contribution in [-0.4, -0.2) is 59.3 Å². The minimum absolute atomic E-state index is 0.0524. The zero-order valence-corrected chi connectivity index (χ0v) is 18.9. The van der Waals surface area contributed by atoms with Gasteiger partial charge in [-0.25, -0.2) is 9.18 Å².